The van der Waals surface area contributed by atoms with Crippen LogP contribution in [0, 0.1) is 0 Å². The van der Waals surface area contributed by atoms with Crippen molar-refractivity contribution in [2.24, 2.45) is 5.73 Å². The lowest BCUT2D eigenvalue weighted by Crippen LogP contribution is -2.30. The smallest absolute Gasteiger partial charge is 0.320 e. The van der Waals surface area contributed by atoms with E-state index in [0.717, 1.165) is 5.75 Å². The molecule has 0 bridgehead atoms. The molecule has 0 saturated heterocycles. The summed E-state index contributed by atoms with van der Waals surface area (Å²) >= 11 is 1.60. The number of carboxylic acid groups (broad SMARTS) is 1. The summed E-state index contributed by atoms with van der Waals surface area (Å²) in [6.07, 6.45) is 20.4. The summed E-state index contributed by atoms with van der Waals surface area (Å²) in [5.74, 6) is -0.1000. The van der Waals surface area contributed by atoms with Gasteiger partial charge in [-0.25, -0.2) is 0 Å². The molecule has 3 N–H and O–H groups in total. The van der Waals surface area contributed by atoms with E-state index in [0.29, 0.717) is 6.42 Å². The molecule has 0 aromatic rings. The van der Waals surface area contributed by atoms with Gasteiger partial charge >= 0.3 is 5.97 Å². The van der Waals surface area contributed by atoms with E-state index >= 15 is 0 Å². The zero-order valence-corrected chi connectivity index (χ0v) is 20.0. The van der Waals surface area contributed by atoms with Gasteiger partial charge in [0.05, 0.1) is 24.6 Å². The standard InChI is InChI=1S/C16H36P.C5H11NO2S/c1-5-9-13-17(14-10-6-2,15-11-7-3)16-12-8-4;1-9-3-2-4(6)5(7)8/h5-16H2,1-4H3;4H,2-3,6H2,1H3,(H,7,8)/q+1;. The van der Waals surface area contributed by atoms with Crippen molar-refractivity contribution in [2.75, 3.05) is 36.7 Å². The summed E-state index contributed by atoms with van der Waals surface area (Å²) in [4.78, 5) is 10.1. The number of carboxylic acids is 1. The Bertz CT molecular complexity index is 279. The first kappa shape index (κ1) is 28.4. The average molecular weight is 409 g/mol. The maximum atomic E-state index is 10.1. The molecule has 0 aromatic carbocycles. The van der Waals surface area contributed by atoms with Crippen molar-refractivity contribution >= 4 is 25.0 Å². The van der Waals surface area contributed by atoms with E-state index in [-0.39, 0.29) is 0 Å². The molecule has 0 amide bonds. The van der Waals surface area contributed by atoms with Gasteiger partial charge in [0, 0.05) is 7.26 Å². The SMILES string of the molecule is CCCC[P+](CCCC)(CCCC)CCCC.CSCCC(N)C(=O)O. The fourth-order valence-corrected chi connectivity index (χ4v) is 8.79. The van der Waals surface area contributed by atoms with E-state index in [4.69, 9.17) is 10.8 Å². The Morgan fingerprint density at radius 1 is 0.885 bits per heavy atom. The maximum absolute atomic E-state index is 10.1. The zero-order valence-electron chi connectivity index (χ0n) is 18.3. The predicted octanol–water partition coefficient (Wildman–Crippen LogP) is 6.36. The number of hydrogen-bond donors (Lipinski definition) is 2. The van der Waals surface area contributed by atoms with Crippen LogP contribution in [0.3, 0.4) is 0 Å². The van der Waals surface area contributed by atoms with Crippen molar-refractivity contribution in [1.82, 2.24) is 0 Å². The number of nitrogens with two attached hydrogens (primary N) is 1. The Hall–Kier alpha value is 0.210. The second-order valence-electron chi connectivity index (χ2n) is 7.38. The molecule has 158 valence electrons. The molecule has 3 nitrogen and oxygen atoms in total. The number of carbonyl (C=O) groups is 1. The van der Waals surface area contributed by atoms with Crippen LogP contribution in [0.25, 0.3) is 0 Å². The van der Waals surface area contributed by atoms with Crippen LogP contribution in [0.2, 0.25) is 0 Å². The summed E-state index contributed by atoms with van der Waals surface area (Å²) in [5, 5.41) is 8.27. The fourth-order valence-electron chi connectivity index (χ4n) is 3.01. The lowest BCUT2D eigenvalue weighted by Gasteiger charge is -2.28. The normalized spacial score (nSPS) is 12.4. The number of unbranched alkanes of at least 4 members (excludes halogenated alkanes) is 4. The van der Waals surface area contributed by atoms with Crippen molar-refractivity contribution in [2.45, 2.75) is 91.5 Å². The first-order chi connectivity index (χ1) is 12.4. The second kappa shape index (κ2) is 20.0. The molecule has 0 heterocycles. The second-order valence-corrected chi connectivity index (χ2v) is 12.8. The molecule has 5 heteroatoms. The molecular formula is C21H47NO2PS+. The highest BCUT2D eigenvalue weighted by molar-refractivity contribution is 7.98. The summed E-state index contributed by atoms with van der Waals surface area (Å²) in [7, 11) is -0.562. The van der Waals surface area contributed by atoms with Gasteiger partial charge in [-0.2, -0.15) is 11.8 Å². The van der Waals surface area contributed by atoms with Gasteiger partial charge in [0.2, 0.25) is 0 Å². The highest BCUT2D eigenvalue weighted by Gasteiger charge is 2.34. The number of hydrogen-bond acceptors (Lipinski definition) is 3. The van der Waals surface area contributed by atoms with Gasteiger partial charge in [-0.15, -0.1) is 0 Å². The minimum atomic E-state index is -0.913. The van der Waals surface area contributed by atoms with Crippen LogP contribution in [-0.4, -0.2) is 53.8 Å². The van der Waals surface area contributed by atoms with Gasteiger partial charge in [0.25, 0.3) is 0 Å². The Labute approximate surface area is 169 Å². The van der Waals surface area contributed by atoms with E-state index in [1.807, 2.05) is 6.26 Å². The Balaban J connectivity index is 0. The molecule has 1 unspecified atom stereocenters. The third-order valence-electron chi connectivity index (χ3n) is 4.89. The maximum Gasteiger partial charge on any atom is 0.320 e. The monoisotopic (exact) mass is 408 g/mol. The van der Waals surface area contributed by atoms with Crippen LogP contribution in [0.5, 0.6) is 0 Å². The molecule has 0 aliphatic heterocycles. The molecule has 1 atom stereocenters. The van der Waals surface area contributed by atoms with Crippen molar-refractivity contribution in [1.29, 1.82) is 0 Å². The Kier molecular flexibility index (Phi) is 21.8. The van der Waals surface area contributed by atoms with E-state index in [2.05, 4.69) is 27.7 Å². The van der Waals surface area contributed by atoms with Crippen molar-refractivity contribution < 1.29 is 9.90 Å². The van der Waals surface area contributed by atoms with Crippen LogP contribution in [-0.2, 0) is 4.79 Å². The Morgan fingerprint density at radius 2 is 1.23 bits per heavy atom. The molecule has 0 spiro atoms. The lowest BCUT2D eigenvalue weighted by molar-refractivity contribution is -0.138. The molecule has 0 saturated carbocycles. The molecule has 0 rings (SSSR count). The van der Waals surface area contributed by atoms with Gasteiger partial charge < -0.3 is 10.8 Å². The molecule has 0 aliphatic rings. The molecule has 0 fully saturated rings. The molecule has 0 radical (unpaired) electrons. The molecule has 0 aromatic heterocycles. The van der Waals surface area contributed by atoms with Crippen LogP contribution in [0.4, 0.5) is 0 Å². The number of thioether (sulfide) groups is 1. The zero-order chi connectivity index (χ0) is 20.3. The number of aliphatic carboxylic acids is 1. The first-order valence-corrected chi connectivity index (χ1v) is 14.7. The number of rotatable bonds is 16. The first-order valence-electron chi connectivity index (χ1n) is 10.7. The largest absolute Gasteiger partial charge is 0.480 e. The average Bonchev–Trinajstić information content (AvgIpc) is 2.65. The third-order valence-corrected chi connectivity index (χ3v) is 10.6. The van der Waals surface area contributed by atoms with E-state index < -0.39 is 19.3 Å². The van der Waals surface area contributed by atoms with E-state index in [1.54, 1.807) is 36.4 Å². The van der Waals surface area contributed by atoms with Gasteiger partial charge in [-0.3, -0.25) is 4.79 Å². The summed E-state index contributed by atoms with van der Waals surface area (Å²) in [6, 6.07) is -0.683. The predicted molar refractivity (Wildman–Crippen MR) is 125 cm³/mol. The van der Waals surface area contributed by atoms with Crippen LogP contribution in [0.1, 0.15) is 85.5 Å². The molecule has 0 aliphatic carbocycles. The summed E-state index contributed by atoms with van der Waals surface area (Å²) < 4.78 is 0. The van der Waals surface area contributed by atoms with Crippen LogP contribution < -0.4 is 5.73 Å². The van der Waals surface area contributed by atoms with Crippen molar-refractivity contribution in [3.8, 4) is 0 Å². The van der Waals surface area contributed by atoms with Crippen molar-refractivity contribution in [3.63, 3.8) is 0 Å². The minimum Gasteiger partial charge on any atom is -0.480 e. The van der Waals surface area contributed by atoms with Gasteiger partial charge in [0.15, 0.2) is 0 Å². The summed E-state index contributed by atoms with van der Waals surface area (Å²) in [5.41, 5.74) is 5.19. The highest BCUT2D eigenvalue weighted by Crippen LogP contribution is 2.61. The van der Waals surface area contributed by atoms with E-state index in [9.17, 15) is 4.79 Å². The summed E-state index contributed by atoms with van der Waals surface area (Å²) in [6.45, 7) is 9.42. The Morgan fingerprint density at radius 3 is 1.46 bits per heavy atom. The topological polar surface area (TPSA) is 63.3 Å². The third kappa shape index (κ3) is 16.4. The fraction of sp³-hybridized carbons (Fsp3) is 0.952. The van der Waals surface area contributed by atoms with Crippen molar-refractivity contribution in [3.05, 3.63) is 0 Å². The van der Waals surface area contributed by atoms with Gasteiger partial charge in [0.1, 0.15) is 6.04 Å². The quantitative estimate of drug-likeness (QED) is 0.292. The van der Waals surface area contributed by atoms with Gasteiger partial charge in [-0.1, -0.05) is 53.4 Å². The molecular weight excluding hydrogens is 361 g/mol. The highest BCUT2D eigenvalue weighted by atomic mass is 32.2. The van der Waals surface area contributed by atoms with E-state index in [1.165, 1.54) is 51.4 Å². The molecule has 26 heavy (non-hydrogen) atoms. The van der Waals surface area contributed by atoms with Crippen LogP contribution in [0.15, 0.2) is 0 Å². The lowest BCUT2D eigenvalue weighted by atomic mass is 10.2. The minimum absolute atomic E-state index is 0.552. The van der Waals surface area contributed by atoms with Gasteiger partial charge in [-0.05, 0) is 44.1 Å². The van der Waals surface area contributed by atoms with Crippen LogP contribution >= 0.6 is 19.0 Å².